The van der Waals surface area contributed by atoms with Crippen molar-refractivity contribution in [1.82, 2.24) is 12.3 Å². The Morgan fingerprint density at radius 2 is 0.562 bits per heavy atom. The van der Waals surface area contributed by atoms with Crippen LogP contribution < -0.4 is 12.3 Å². The number of rotatable bonds is 0. The molecule has 0 aliphatic rings. The van der Waals surface area contributed by atoms with Crippen molar-refractivity contribution in [2.45, 2.75) is 0 Å². The van der Waals surface area contributed by atoms with Crippen LogP contribution in [0.4, 0.5) is 0 Å². The topological polar surface area (TPSA) is 128 Å². The molecule has 6 heteroatoms. The van der Waals surface area contributed by atoms with Gasteiger partial charge in [0.15, 0.2) is 0 Å². The first kappa shape index (κ1) is 61.1. The predicted octanol–water partition coefficient (Wildman–Crippen LogP) is 3.70. The summed E-state index contributed by atoms with van der Waals surface area (Å²) in [5.41, 5.74) is 0. The van der Waals surface area contributed by atoms with E-state index >= 15 is 0 Å². The molecule has 8 N–H and O–H groups in total. The van der Waals surface area contributed by atoms with Crippen molar-refractivity contribution < 1.29 is 14.4 Å². The normalized spacial score (nSPS) is 3.44. The van der Waals surface area contributed by atoms with Gasteiger partial charge in [-0.15, -0.1) is 65.8 Å². The summed E-state index contributed by atoms with van der Waals surface area (Å²) in [6.45, 7) is 30.0. The lowest BCUT2D eigenvalue weighted by atomic mass is 11.3. The average molecular weight is 256 g/mol. The van der Waals surface area contributed by atoms with Crippen LogP contribution in [0.15, 0.2) is 65.8 Å². The van der Waals surface area contributed by atoms with Crippen LogP contribution in [0.1, 0.15) is 0 Å². The Hall–Kier alpha value is -1.23. The van der Waals surface area contributed by atoms with E-state index in [-0.39, 0.29) is 12.3 Å². The summed E-state index contributed by atoms with van der Waals surface area (Å²) in [7, 11) is -3.13. The van der Waals surface area contributed by atoms with E-state index in [1.165, 1.54) is 0 Å². The monoisotopic (exact) mass is 256 g/mol. The Kier molecular flexibility index (Phi) is 2740. The quantitative estimate of drug-likeness (QED) is 0.388. The number of hydrogen-bond donors (Lipinski definition) is 4. The Labute approximate surface area is 101 Å². The van der Waals surface area contributed by atoms with Crippen LogP contribution in [0.25, 0.3) is 0 Å². The van der Waals surface area contributed by atoms with Crippen LogP contribution >= 0.6 is 8.25 Å². The molecule has 0 radical (unpaired) electrons. The Bertz CT molecular complexity index is 80.5. The van der Waals surface area contributed by atoms with E-state index in [2.05, 4.69) is 65.8 Å². The summed E-state index contributed by atoms with van der Waals surface area (Å²) in [6, 6.07) is 0. The fourth-order valence-electron chi connectivity index (χ4n) is 0. The zero-order valence-electron chi connectivity index (χ0n) is 10.3. The molecule has 0 saturated heterocycles. The van der Waals surface area contributed by atoms with Crippen LogP contribution in [0.5, 0.6) is 0 Å². The van der Waals surface area contributed by atoms with E-state index < -0.39 is 8.25 Å². The first-order valence-corrected chi connectivity index (χ1v) is 4.45. The molecule has 0 bridgehead atoms. The van der Waals surface area contributed by atoms with Gasteiger partial charge in [0.25, 0.3) is 0 Å². The minimum atomic E-state index is -3.13. The SMILES string of the molecule is C=C.C=C.C=C.C=C.C=C.N.N.O=[PH](O)O. The van der Waals surface area contributed by atoms with Crippen LogP contribution in [0.2, 0.25) is 0 Å². The smallest absolute Gasteiger partial charge is 0.314 e. The van der Waals surface area contributed by atoms with Gasteiger partial charge in [0.05, 0.1) is 0 Å². The van der Waals surface area contributed by atoms with E-state index in [0.29, 0.717) is 0 Å². The van der Waals surface area contributed by atoms with Crippen LogP contribution in [-0.2, 0) is 4.57 Å². The summed E-state index contributed by atoms with van der Waals surface area (Å²) >= 11 is 0. The zero-order valence-corrected chi connectivity index (χ0v) is 11.3. The first-order valence-electron chi connectivity index (χ1n) is 3.15. The van der Waals surface area contributed by atoms with Gasteiger partial charge in [0.2, 0.25) is 0 Å². The highest BCUT2D eigenvalue weighted by molar-refractivity contribution is 7.30. The Morgan fingerprint density at radius 1 is 0.562 bits per heavy atom. The molecule has 0 atom stereocenters. The molecule has 0 aromatic heterocycles. The molecule has 0 rings (SSSR count). The highest BCUT2D eigenvalue weighted by Crippen LogP contribution is 1.98. The molecule has 0 heterocycles. The van der Waals surface area contributed by atoms with Gasteiger partial charge in [0.1, 0.15) is 0 Å². The third-order valence-corrected chi connectivity index (χ3v) is 0. The van der Waals surface area contributed by atoms with Gasteiger partial charge in [-0.1, -0.05) is 0 Å². The average Bonchev–Trinajstić information content (AvgIpc) is 2.30. The molecule has 0 aromatic rings. The highest BCUT2D eigenvalue weighted by Gasteiger charge is 1.61. The van der Waals surface area contributed by atoms with E-state index in [1.807, 2.05) is 0 Å². The lowest BCUT2D eigenvalue weighted by molar-refractivity contribution is 0.405. The summed E-state index contributed by atoms with van der Waals surface area (Å²) in [5, 5.41) is 0. The molecule has 0 aliphatic heterocycles. The molecular formula is C10H29N2O3P. The summed E-state index contributed by atoms with van der Waals surface area (Å²) in [4.78, 5) is 14.3. The summed E-state index contributed by atoms with van der Waals surface area (Å²) in [5.74, 6) is 0. The molecule has 16 heavy (non-hydrogen) atoms. The Morgan fingerprint density at radius 3 is 0.562 bits per heavy atom. The largest absolute Gasteiger partial charge is 0.344 e. The fourth-order valence-corrected chi connectivity index (χ4v) is 0. The van der Waals surface area contributed by atoms with Crippen LogP contribution in [0.3, 0.4) is 0 Å². The van der Waals surface area contributed by atoms with Crippen molar-refractivity contribution in [2.75, 3.05) is 0 Å². The summed E-state index contributed by atoms with van der Waals surface area (Å²) in [6.07, 6.45) is 0. The second-order valence-corrected chi connectivity index (χ2v) is 0.848. The lowest BCUT2D eigenvalue weighted by Gasteiger charge is -1.61. The van der Waals surface area contributed by atoms with Crippen molar-refractivity contribution in [3.63, 3.8) is 0 Å². The Balaban J connectivity index is -0.00000000810. The molecule has 0 fully saturated rings. The van der Waals surface area contributed by atoms with Gasteiger partial charge >= 0.3 is 8.25 Å². The number of hydrogen-bond acceptors (Lipinski definition) is 3. The maximum atomic E-state index is 8.74. The third kappa shape index (κ3) is 1170. The minimum absolute atomic E-state index is 0. The summed E-state index contributed by atoms with van der Waals surface area (Å²) < 4.78 is 8.74. The van der Waals surface area contributed by atoms with E-state index in [4.69, 9.17) is 14.4 Å². The van der Waals surface area contributed by atoms with Gasteiger partial charge in [-0.2, -0.15) is 0 Å². The van der Waals surface area contributed by atoms with Crippen LogP contribution in [0, 0.1) is 0 Å². The van der Waals surface area contributed by atoms with Crippen LogP contribution in [-0.4, -0.2) is 9.79 Å². The van der Waals surface area contributed by atoms with Crippen molar-refractivity contribution >= 4 is 8.25 Å². The van der Waals surface area contributed by atoms with E-state index in [0.717, 1.165) is 0 Å². The molecule has 0 saturated carbocycles. The van der Waals surface area contributed by atoms with Gasteiger partial charge in [-0.05, 0) is 0 Å². The second kappa shape index (κ2) is 717. The molecule has 0 unspecified atom stereocenters. The van der Waals surface area contributed by atoms with Gasteiger partial charge in [-0.3, -0.25) is 4.57 Å². The maximum Gasteiger partial charge on any atom is 0.314 e. The second-order valence-electron chi connectivity index (χ2n) is 0.283. The molecule has 102 valence electrons. The molecule has 0 spiro atoms. The molecule has 5 nitrogen and oxygen atoms in total. The standard InChI is InChI=1S/5C2H4.2H3N.H3O3P/c5*1-2;;;1-4(2)3/h5*1-2H2;2*1H3;4H,(H2,1,2,3). The molecular weight excluding hydrogens is 227 g/mol. The molecule has 0 aromatic carbocycles. The van der Waals surface area contributed by atoms with Crippen molar-refractivity contribution in [3.8, 4) is 0 Å². The van der Waals surface area contributed by atoms with E-state index in [1.54, 1.807) is 0 Å². The molecule has 0 amide bonds. The maximum absolute atomic E-state index is 8.74. The lowest BCUT2D eigenvalue weighted by Crippen LogP contribution is -1.38. The van der Waals surface area contributed by atoms with Crippen molar-refractivity contribution in [3.05, 3.63) is 65.8 Å². The minimum Gasteiger partial charge on any atom is -0.344 e. The van der Waals surface area contributed by atoms with Gasteiger partial charge in [0, 0.05) is 0 Å². The third-order valence-electron chi connectivity index (χ3n) is 0. The first-order chi connectivity index (χ1) is 6.73. The zero-order chi connectivity index (χ0) is 13.6. The fraction of sp³-hybridized carbons (Fsp3) is 0. The molecule has 0 aliphatic carbocycles. The van der Waals surface area contributed by atoms with Gasteiger partial charge in [-0.25, -0.2) is 0 Å². The van der Waals surface area contributed by atoms with Gasteiger partial charge < -0.3 is 22.1 Å². The van der Waals surface area contributed by atoms with Crippen molar-refractivity contribution in [1.29, 1.82) is 0 Å². The highest BCUT2D eigenvalue weighted by atomic mass is 31.1. The van der Waals surface area contributed by atoms with E-state index in [9.17, 15) is 0 Å². The predicted molar refractivity (Wildman–Crippen MR) is 79.8 cm³/mol. The van der Waals surface area contributed by atoms with Crippen molar-refractivity contribution in [2.24, 2.45) is 0 Å².